The molecule has 156 valence electrons. The maximum absolute atomic E-state index is 11.6. The molecule has 1 aromatic rings. The van der Waals surface area contributed by atoms with E-state index in [1.54, 1.807) is 0 Å². The van der Waals surface area contributed by atoms with Crippen molar-refractivity contribution in [1.29, 1.82) is 0 Å². The van der Waals surface area contributed by atoms with Gasteiger partial charge in [0.15, 0.2) is 0 Å². The first-order valence-electron chi connectivity index (χ1n) is 9.99. The first-order chi connectivity index (χ1) is 13.4. The van der Waals surface area contributed by atoms with Gasteiger partial charge in [-0.1, -0.05) is 64.7 Å². The normalized spacial score (nSPS) is 10.6. The van der Waals surface area contributed by atoms with Crippen molar-refractivity contribution in [3.8, 4) is 0 Å². The highest BCUT2D eigenvalue weighted by molar-refractivity contribution is 5.97. The van der Waals surface area contributed by atoms with Crippen LogP contribution in [-0.2, 0) is 0 Å². The van der Waals surface area contributed by atoms with E-state index in [0.717, 1.165) is 30.2 Å². The number of amides is 1. The molecular formula is C21H31NO6. The predicted octanol–water partition coefficient (Wildman–Crippen LogP) is 5.49. The minimum absolute atomic E-state index is 0.0701. The summed E-state index contributed by atoms with van der Waals surface area (Å²) in [6, 6.07) is 3.41. The number of nitrogens with zero attached hydrogens (tertiary/aromatic N) is 1. The zero-order chi connectivity index (χ0) is 20.9. The highest BCUT2D eigenvalue weighted by atomic mass is 16.4. The van der Waals surface area contributed by atoms with Gasteiger partial charge in [-0.05, 0) is 24.6 Å². The first-order valence-corrected chi connectivity index (χ1v) is 9.99. The molecule has 0 bridgehead atoms. The number of rotatable bonds is 14. The van der Waals surface area contributed by atoms with E-state index in [1.165, 1.54) is 50.7 Å². The quantitative estimate of drug-likeness (QED) is 0.360. The fourth-order valence-corrected chi connectivity index (χ4v) is 3.11. The fraction of sp³-hybridized carbons (Fsp3) is 0.571. The predicted molar refractivity (Wildman–Crippen MR) is 108 cm³/mol. The number of anilines is 1. The Kier molecular flexibility index (Phi) is 10.7. The second-order valence-corrected chi connectivity index (χ2v) is 7.00. The van der Waals surface area contributed by atoms with Crippen LogP contribution in [0.1, 0.15) is 91.8 Å². The van der Waals surface area contributed by atoms with Crippen LogP contribution >= 0.6 is 0 Å². The maximum Gasteiger partial charge on any atom is 0.411 e. The Hall–Kier alpha value is -2.57. The standard InChI is InChI=1S/C21H31NO6/c1-2-3-4-5-6-7-8-9-10-11-12-22(21(27)28)18-14-16(19(23)24)13-17(15-18)20(25)26/h13-15H,2-12H2,1H3,(H,23,24)(H,25,26)(H,27,28). The largest absolute Gasteiger partial charge is 0.478 e. The van der Waals surface area contributed by atoms with Crippen LogP contribution in [0.5, 0.6) is 0 Å². The zero-order valence-corrected chi connectivity index (χ0v) is 16.5. The Balaban J connectivity index is 2.54. The van der Waals surface area contributed by atoms with Crippen LogP contribution in [0.15, 0.2) is 18.2 Å². The molecule has 0 aliphatic heterocycles. The monoisotopic (exact) mass is 393 g/mol. The average Bonchev–Trinajstić information content (AvgIpc) is 2.65. The topological polar surface area (TPSA) is 115 Å². The highest BCUT2D eigenvalue weighted by Crippen LogP contribution is 2.21. The molecule has 0 aliphatic carbocycles. The molecule has 0 atom stereocenters. The van der Waals surface area contributed by atoms with Crippen molar-refractivity contribution in [2.24, 2.45) is 0 Å². The van der Waals surface area contributed by atoms with Crippen molar-refractivity contribution in [2.45, 2.75) is 71.1 Å². The van der Waals surface area contributed by atoms with E-state index >= 15 is 0 Å². The van der Waals surface area contributed by atoms with Crippen molar-refractivity contribution in [2.75, 3.05) is 11.4 Å². The molecule has 1 amide bonds. The molecule has 1 rings (SSSR count). The van der Waals surface area contributed by atoms with Crippen LogP contribution in [0.3, 0.4) is 0 Å². The van der Waals surface area contributed by atoms with E-state index in [9.17, 15) is 19.5 Å². The Bertz CT molecular complexity index is 626. The summed E-state index contributed by atoms with van der Waals surface area (Å²) in [6.07, 6.45) is 9.95. The number of unbranched alkanes of at least 4 members (excludes halogenated alkanes) is 9. The minimum atomic E-state index is -1.30. The maximum atomic E-state index is 11.6. The number of aromatic carboxylic acids is 2. The molecule has 0 unspecified atom stereocenters. The lowest BCUT2D eigenvalue weighted by molar-refractivity contribution is 0.0696. The van der Waals surface area contributed by atoms with Gasteiger partial charge in [-0.15, -0.1) is 0 Å². The van der Waals surface area contributed by atoms with E-state index in [2.05, 4.69) is 6.92 Å². The number of carbonyl (C=O) groups is 3. The summed E-state index contributed by atoms with van der Waals surface area (Å²) < 4.78 is 0. The second kappa shape index (κ2) is 12.8. The van der Waals surface area contributed by atoms with Crippen molar-refractivity contribution in [3.63, 3.8) is 0 Å². The lowest BCUT2D eigenvalue weighted by Crippen LogP contribution is -2.30. The van der Waals surface area contributed by atoms with Gasteiger partial charge in [0.05, 0.1) is 11.1 Å². The fourth-order valence-electron chi connectivity index (χ4n) is 3.11. The average molecular weight is 393 g/mol. The van der Waals surface area contributed by atoms with Crippen LogP contribution in [0.4, 0.5) is 10.5 Å². The number of hydrogen-bond acceptors (Lipinski definition) is 3. The summed E-state index contributed by atoms with van der Waals surface area (Å²) in [6.45, 7) is 2.40. The summed E-state index contributed by atoms with van der Waals surface area (Å²) in [4.78, 5) is 35.0. The zero-order valence-electron chi connectivity index (χ0n) is 16.5. The van der Waals surface area contributed by atoms with Crippen LogP contribution < -0.4 is 4.90 Å². The lowest BCUT2D eigenvalue weighted by atomic mass is 10.1. The van der Waals surface area contributed by atoms with Gasteiger partial charge in [-0.3, -0.25) is 4.90 Å². The van der Waals surface area contributed by atoms with Crippen LogP contribution in [0.25, 0.3) is 0 Å². The Morgan fingerprint density at radius 3 is 1.54 bits per heavy atom. The number of carboxylic acid groups (broad SMARTS) is 3. The highest BCUT2D eigenvalue weighted by Gasteiger charge is 2.19. The molecule has 0 radical (unpaired) electrons. The summed E-state index contributed by atoms with van der Waals surface area (Å²) in [7, 11) is 0. The van der Waals surface area contributed by atoms with Crippen LogP contribution in [0.2, 0.25) is 0 Å². The molecule has 7 nitrogen and oxygen atoms in total. The van der Waals surface area contributed by atoms with Crippen molar-refractivity contribution >= 4 is 23.7 Å². The van der Waals surface area contributed by atoms with E-state index in [1.807, 2.05) is 0 Å². The van der Waals surface area contributed by atoms with E-state index in [4.69, 9.17) is 10.2 Å². The lowest BCUT2D eigenvalue weighted by Gasteiger charge is -2.20. The second-order valence-electron chi connectivity index (χ2n) is 7.00. The SMILES string of the molecule is CCCCCCCCCCCCN(C(=O)O)c1cc(C(=O)O)cc(C(=O)O)c1. The van der Waals surface area contributed by atoms with Crippen molar-refractivity contribution in [1.82, 2.24) is 0 Å². The van der Waals surface area contributed by atoms with Gasteiger partial charge in [0.25, 0.3) is 0 Å². The third kappa shape index (κ3) is 8.41. The van der Waals surface area contributed by atoms with Gasteiger partial charge in [0.1, 0.15) is 0 Å². The number of hydrogen-bond donors (Lipinski definition) is 3. The summed E-state index contributed by atoms with van der Waals surface area (Å²) in [5.74, 6) is -2.60. The molecule has 0 saturated heterocycles. The van der Waals surface area contributed by atoms with Crippen molar-refractivity contribution in [3.05, 3.63) is 29.3 Å². The van der Waals surface area contributed by atoms with E-state index < -0.39 is 18.0 Å². The first kappa shape index (κ1) is 23.5. The van der Waals surface area contributed by atoms with Gasteiger partial charge < -0.3 is 15.3 Å². The van der Waals surface area contributed by atoms with Gasteiger partial charge in [0.2, 0.25) is 0 Å². The molecule has 1 aromatic carbocycles. The third-order valence-corrected chi connectivity index (χ3v) is 4.69. The van der Waals surface area contributed by atoms with Gasteiger partial charge >= 0.3 is 18.0 Å². The molecule has 0 saturated carbocycles. The molecule has 0 spiro atoms. The summed E-state index contributed by atoms with van der Waals surface area (Å²) in [5.41, 5.74) is -0.422. The Labute approximate surface area is 166 Å². The van der Waals surface area contributed by atoms with Gasteiger partial charge in [0, 0.05) is 12.2 Å². The van der Waals surface area contributed by atoms with Crippen LogP contribution in [0, 0.1) is 0 Å². The summed E-state index contributed by atoms with van der Waals surface area (Å²) >= 11 is 0. The number of benzene rings is 1. The van der Waals surface area contributed by atoms with E-state index in [0.29, 0.717) is 6.42 Å². The molecule has 0 fully saturated rings. The van der Waals surface area contributed by atoms with Gasteiger partial charge in [-0.2, -0.15) is 0 Å². The number of carboxylic acids is 2. The Morgan fingerprint density at radius 1 is 0.714 bits per heavy atom. The molecule has 0 aromatic heterocycles. The molecule has 0 aliphatic rings. The van der Waals surface area contributed by atoms with Crippen LogP contribution in [-0.4, -0.2) is 39.9 Å². The van der Waals surface area contributed by atoms with Gasteiger partial charge in [-0.25, -0.2) is 14.4 Å². The third-order valence-electron chi connectivity index (χ3n) is 4.69. The minimum Gasteiger partial charge on any atom is -0.478 e. The smallest absolute Gasteiger partial charge is 0.411 e. The Morgan fingerprint density at radius 2 is 1.14 bits per heavy atom. The molecule has 3 N–H and O–H groups in total. The van der Waals surface area contributed by atoms with E-state index in [-0.39, 0.29) is 23.4 Å². The molecule has 28 heavy (non-hydrogen) atoms. The molecular weight excluding hydrogens is 362 g/mol. The van der Waals surface area contributed by atoms with Crippen molar-refractivity contribution < 1.29 is 29.7 Å². The molecule has 7 heteroatoms. The molecule has 0 heterocycles. The summed E-state index contributed by atoms with van der Waals surface area (Å²) in [5, 5.41) is 27.7.